The number of benzene rings is 1. The van der Waals surface area contributed by atoms with Gasteiger partial charge in [-0.2, -0.15) is 0 Å². The van der Waals surface area contributed by atoms with Gasteiger partial charge < -0.3 is 10.5 Å². The second-order valence-corrected chi connectivity index (χ2v) is 6.33. The van der Waals surface area contributed by atoms with Crippen LogP contribution in [0, 0.1) is 5.41 Å². The van der Waals surface area contributed by atoms with Gasteiger partial charge in [-0.05, 0) is 18.9 Å². The zero-order valence-electron chi connectivity index (χ0n) is 12.6. The minimum atomic E-state index is -0.457. The Morgan fingerprint density at radius 1 is 1.35 bits per heavy atom. The topological polar surface area (TPSA) is 64.3 Å². The Kier molecular flexibility index (Phi) is 3.89. The van der Waals surface area contributed by atoms with E-state index in [1.54, 1.807) is 7.11 Å². The van der Waals surface area contributed by atoms with E-state index in [-0.39, 0.29) is 23.0 Å². The van der Waals surface area contributed by atoms with Gasteiger partial charge in [0.15, 0.2) is 0 Å². The van der Waals surface area contributed by atoms with Crippen molar-refractivity contribution in [2.45, 2.75) is 44.9 Å². The lowest BCUT2D eigenvalue weighted by atomic mass is 9.55. The molecule has 0 unspecified atom stereocenters. The molecule has 1 aliphatic rings. The van der Waals surface area contributed by atoms with Gasteiger partial charge in [0, 0.05) is 18.6 Å². The van der Waals surface area contributed by atoms with Gasteiger partial charge in [-0.15, -0.1) is 0 Å². The number of amides is 1. The molecule has 0 heterocycles. The van der Waals surface area contributed by atoms with Crippen molar-refractivity contribution >= 4 is 5.91 Å². The Morgan fingerprint density at radius 3 is 2.40 bits per heavy atom. The number of hydrogen-bond acceptors (Lipinski definition) is 3. The Labute approximate surface area is 120 Å². The second-order valence-electron chi connectivity index (χ2n) is 6.33. The molecule has 1 aliphatic carbocycles. The number of methoxy groups -OCH3 is 1. The summed E-state index contributed by atoms with van der Waals surface area (Å²) in [6, 6.07) is 9.34. The minimum Gasteiger partial charge on any atom is -0.378 e. The van der Waals surface area contributed by atoms with Crippen LogP contribution < -0.4 is 11.1 Å². The highest BCUT2D eigenvalue weighted by Crippen LogP contribution is 2.52. The Morgan fingerprint density at radius 2 is 1.95 bits per heavy atom. The first-order chi connectivity index (χ1) is 9.32. The third-order valence-electron chi connectivity index (χ3n) is 5.06. The first-order valence-electron chi connectivity index (χ1n) is 6.97. The molecule has 0 saturated heterocycles. The fourth-order valence-corrected chi connectivity index (χ4v) is 2.95. The molecule has 20 heavy (non-hydrogen) atoms. The van der Waals surface area contributed by atoms with E-state index in [1.165, 1.54) is 0 Å². The average molecular weight is 276 g/mol. The maximum Gasteiger partial charge on any atom is 0.239 e. The molecule has 0 spiro atoms. The van der Waals surface area contributed by atoms with Crippen LogP contribution in [0.1, 0.15) is 38.8 Å². The molecule has 0 aliphatic heterocycles. The lowest BCUT2D eigenvalue weighted by molar-refractivity contribution is -0.183. The van der Waals surface area contributed by atoms with Gasteiger partial charge in [0.05, 0.1) is 5.60 Å². The molecule has 0 radical (unpaired) electrons. The zero-order valence-corrected chi connectivity index (χ0v) is 12.6. The van der Waals surface area contributed by atoms with Gasteiger partial charge in [-0.25, -0.2) is 0 Å². The quantitative estimate of drug-likeness (QED) is 0.864. The minimum absolute atomic E-state index is 0.0514. The van der Waals surface area contributed by atoms with Crippen LogP contribution >= 0.6 is 0 Å². The van der Waals surface area contributed by atoms with Crippen molar-refractivity contribution in [3.8, 4) is 0 Å². The maximum absolute atomic E-state index is 11.7. The SMILES string of the molecule is CO[C@]1(C)C[C@@H](N[C@@H](C(N)=O)c2ccccc2)C1(C)C. The molecule has 3 atom stereocenters. The van der Waals surface area contributed by atoms with Crippen LogP contribution in [0.5, 0.6) is 0 Å². The smallest absolute Gasteiger partial charge is 0.239 e. The normalized spacial score (nSPS) is 29.5. The largest absolute Gasteiger partial charge is 0.378 e. The monoisotopic (exact) mass is 276 g/mol. The van der Waals surface area contributed by atoms with E-state index in [4.69, 9.17) is 10.5 Å². The summed E-state index contributed by atoms with van der Waals surface area (Å²) in [5, 5.41) is 3.39. The average Bonchev–Trinajstić information content (AvgIpc) is 2.43. The molecule has 3 N–H and O–H groups in total. The van der Waals surface area contributed by atoms with Gasteiger partial charge in [0.25, 0.3) is 0 Å². The van der Waals surface area contributed by atoms with Crippen LogP contribution in [-0.2, 0) is 9.53 Å². The Balaban J connectivity index is 2.14. The molecule has 4 nitrogen and oxygen atoms in total. The molecule has 1 aromatic rings. The molecule has 1 amide bonds. The van der Waals surface area contributed by atoms with E-state index in [9.17, 15) is 4.79 Å². The molecule has 4 heteroatoms. The molecule has 0 aromatic heterocycles. The van der Waals surface area contributed by atoms with Crippen LogP contribution in [0.15, 0.2) is 30.3 Å². The first kappa shape index (κ1) is 15.0. The van der Waals surface area contributed by atoms with Crippen molar-refractivity contribution in [1.29, 1.82) is 0 Å². The molecular weight excluding hydrogens is 252 g/mol. The van der Waals surface area contributed by atoms with Gasteiger partial charge in [0.2, 0.25) is 5.91 Å². The lowest BCUT2D eigenvalue weighted by Crippen LogP contribution is -2.68. The highest BCUT2D eigenvalue weighted by atomic mass is 16.5. The molecular formula is C16H24N2O2. The van der Waals surface area contributed by atoms with E-state index in [2.05, 4.69) is 26.1 Å². The van der Waals surface area contributed by atoms with Crippen LogP contribution in [0.25, 0.3) is 0 Å². The molecule has 1 fully saturated rings. The summed E-state index contributed by atoms with van der Waals surface area (Å²) in [5.74, 6) is -0.349. The number of rotatable bonds is 5. The summed E-state index contributed by atoms with van der Waals surface area (Å²) in [6.07, 6.45) is 0.868. The van der Waals surface area contributed by atoms with Crippen molar-refractivity contribution in [2.75, 3.05) is 7.11 Å². The van der Waals surface area contributed by atoms with Gasteiger partial charge >= 0.3 is 0 Å². The summed E-state index contributed by atoms with van der Waals surface area (Å²) < 4.78 is 5.61. The zero-order chi connectivity index (χ0) is 15.0. The lowest BCUT2D eigenvalue weighted by Gasteiger charge is -2.59. The molecule has 0 bridgehead atoms. The highest BCUT2D eigenvalue weighted by Gasteiger charge is 2.58. The number of carbonyl (C=O) groups excluding carboxylic acids is 1. The van der Waals surface area contributed by atoms with Crippen molar-refractivity contribution in [2.24, 2.45) is 11.1 Å². The Hall–Kier alpha value is -1.39. The number of nitrogens with two attached hydrogens (primary N) is 1. The first-order valence-corrected chi connectivity index (χ1v) is 6.97. The second kappa shape index (κ2) is 5.19. The third-order valence-corrected chi connectivity index (χ3v) is 5.06. The van der Waals surface area contributed by atoms with Gasteiger partial charge in [-0.1, -0.05) is 44.2 Å². The molecule has 1 saturated carbocycles. The number of ether oxygens (including phenoxy) is 1. The van der Waals surface area contributed by atoms with E-state index < -0.39 is 6.04 Å². The molecule has 1 aromatic carbocycles. The van der Waals surface area contributed by atoms with E-state index in [0.717, 1.165) is 12.0 Å². The fourth-order valence-electron chi connectivity index (χ4n) is 2.95. The number of primary amides is 1. The van der Waals surface area contributed by atoms with E-state index in [1.807, 2.05) is 30.3 Å². The maximum atomic E-state index is 11.7. The molecule has 2 rings (SSSR count). The summed E-state index contributed by atoms with van der Waals surface area (Å²) in [6.45, 7) is 6.41. The van der Waals surface area contributed by atoms with Crippen LogP contribution in [0.4, 0.5) is 0 Å². The van der Waals surface area contributed by atoms with E-state index >= 15 is 0 Å². The van der Waals surface area contributed by atoms with Crippen molar-refractivity contribution < 1.29 is 9.53 Å². The van der Waals surface area contributed by atoms with Gasteiger partial charge in [0.1, 0.15) is 6.04 Å². The molecule has 110 valence electrons. The van der Waals surface area contributed by atoms with Crippen LogP contribution in [0.2, 0.25) is 0 Å². The fraction of sp³-hybridized carbons (Fsp3) is 0.562. The summed E-state index contributed by atoms with van der Waals surface area (Å²) in [5.41, 5.74) is 6.24. The van der Waals surface area contributed by atoms with Crippen molar-refractivity contribution in [3.05, 3.63) is 35.9 Å². The van der Waals surface area contributed by atoms with E-state index in [0.29, 0.717) is 0 Å². The van der Waals surface area contributed by atoms with Gasteiger partial charge in [-0.3, -0.25) is 10.1 Å². The highest BCUT2D eigenvalue weighted by molar-refractivity contribution is 5.81. The van der Waals surface area contributed by atoms with Crippen LogP contribution in [-0.4, -0.2) is 24.7 Å². The number of nitrogens with one attached hydrogen (secondary N) is 1. The number of hydrogen-bond donors (Lipinski definition) is 2. The summed E-state index contributed by atoms with van der Waals surface area (Å²) in [4.78, 5) is 11.7. The predicted molar refractivity (Wildman–Crippen MR) is 79.1 cm³/mol. The van der Waals surface area contributed by atoms with Crippen molar-refractivity contribution in [1.82, 2.24) is 5.32 Å². The Bertz CT molecular complexity index is 487. The van der Waals surface area contributed by atoms with Crippen molar-refractivity contribution in [3.63, 3.8) is 0 Å². The van der Waals surface area contributed by atoms with Crippen LogP contribution in [0.3, 0.4) is 0 Å². The summed E-state index contributed by atoms with van der Waals surface area (Å²) >= 11 is 0. The number of carbonyl (C=O) groups is 1. The third kappa shape index (κ3) is 2.34. The predicted octanol–water partition coefficient (Wildman–Crippen LogP) is 2.01. The summed E-state index contributed by atoms with van der Waals surface area (Å²) in [7, 11) is 1.74. The standard InChI is InChI=1S/C16H24N2O2/c1-15(2)12(10-16(15,3)20-4)18-13(14(17)19)11-8-6-5-7-9-11/h5-9,12-13,18H,10H2,1-4H3,(H2,17,19)/t12-,13-,16-/m1/s1.